The molecule has 1 saturated heterocycles. The second-order valence-electron chi connectivity index (χ2n) is 7.22. The Morgan fingerprint density at radius 3 is 2.74 bits per heavy atom. The van der Waals surface area contributed by atoms with E-state index in [-0.39, 0.29) is 24.1 Å². The summed E-state index contributed by atoms with van der Waals surface area (Å²) in [7, 11) is 0. The van der Waals surface area contributed by atoms with Gasteiger partial charge in [0.1, 0.15) is 6.04 Å². The van der Waals surface area contributed by atoms with Crippen molar-refractivity contribution in [1.29, 1.82) is 0 Å². The molecule has 1 atom stereocenters. The van der Waals surface area contributed by atoms with Gasteiger partial charge in [-0.25, -0.2) is 0 Å². The fourth-order valence-corrected chi connectivity index (χ4v) is 3.79. The van der Waals surface area contributed by atoms with E-state index in [1.54, 1.807) is 4.90 Å². The van der Waals surface area contributed by atoms with Crippen molar-refractivity contribution in [1.82, 2.24) is 15.5 Å². The van der Waals surface area contributed by atoms with Gasteiger partial charge in [-0.05, 0) is 49.5 Å². The average Bonchev–Trinajstić information content (AvgIpc) is 2.98. The van der Waals surface area contributed by atoms with Crippen LogP contribution in [-0.4, -0.2) is 41.8 Å². The smallest absolute Gasteiger partial charge is 0.255 e. The summed E-state index contributed by atoms with van der Waals surface area (Å²) in [5, 5.41) is 5.79. The molecule has 0 aromatic heterocycles. The summed E-state index contributed by atoms with van der Waals surface area (Å²) in [6, 6.07) is 5.18. The van der Waals surface area contributed by atoms with E-state index in [1.165, 1.54) is 6.42 Å². The maximum absolute atomic E-state index is 12.8. The summed E-state index contributed by atoms with van der Waals surface area (Å²) < 4.78 is 0. The fourth-order valence-electron chi connectivity index (χ4n) is 3.79. The van der Waals surface area contributed by atoms with Crippen LogP contribution in [-0.2, 0) is 22.7 Å². The monoisotopic (exact) mass is 372 g/mol. The number of fused-ring (bicyclic) bond motifs is 1. The molecular formula is C20H28N4O3. The number of carbonyl (C=O) groups is 3. The molecule has 0 bridgehead atoms. The molecule has 0 radical (unpaired) electrons. The first-order valence-corrected chi connectivity index (χ1v) is 9.78. The maximum Gasteiger partial charge on any atom is 0.255 e. The number of hydrogen-bond acceptors (Lipinski definition) is 5. The lowest BCUT2D eigenvalue weighted by Gasteiger charge is -2.29. The van der Waals surface area contributed by atoms with Crippen molar-refractivity contribution in [2.45, 2.75) is 57.7 Å². The van der Waals surface area contributed by atoms with Gasteiger partial charge in [-0.1, -0.05) is 25.0 Å². The normalized spacial score (nSPS) is 19.4. The van der Waals surface area contributed by atoms with Crippen molar-refractivity contribution in [3.63, 3.8) is 0 Å². The maximum atomic E-state index is 12.8. The molecule has 7 nitrogen and oxygen atoms in total. The molecule has 0 saturated carbocycles. The Morgan fingerprint density at radius 1 is 1.15 bits per heavy atom. The molecule has 1 unspecified atom stereocenters. The molecule has 4 N–H and O–H groups in total. The summed E-state index contributed by atoms with van der Waals surface area (Å²) in [4.78, 5) is 37.9. The number of carbonyl (C=O) groups excluding carboxylic acids is 3. The van der Waals surface area contributed by atoms with Gasteiger partial charge < -0.3 is 16.0 Å². The second kappa shape index (κ2) is 9.10. The number of nitrogens with one attached hydrogen (secondary N) is 2. The van der Waals surface area contributed by atoms with Crippen LogP contribution in [0.4, 0.5) is 0 Å². The lowest BCUT2D eigenvalue weighted by Crippen LogP contribution is -2.52. The van der Waals surface area contributed by atoms with E-state index in [9.17, 15) is 14.4 Å². The molecular weight excluding hydrogens is 344 g/mol. The van der Waals surface area contributed by atoms with Crippen LogP contribution in [0.3, 0.4) is 0 Å². The zero-order valence-electron chi connectivity index (χ0n) is 15.6. The topological polar surface area (TPSA) is 105 Å². The number of nitrogens with zero attached hydrogens (tertiary/aromatic N) is 1. The van der Waals surface area contributed by atoms with Crippen molar-refractivity contribution in [2.75, 3.05) is 13.1 Å². The van der Waals surface area contributed by atoms with Crippen LogP contribution in [0.25, 0.3) is 0 Å². The lowest BCUT2D eigenvalue weighted by molar-refractivity contribution is -0.136. The standard InChI is InChI=1S/C20H28N4O3/c21-10-3-1-2-4-11-22-12-14-6-5-7-15-16(14)13-24(20(15)27)17-8-9-18(25)23-19(17)26/h5-7,17,22H,1-4,8-13,21H2,(H,23,25,26). The third-order valence-corrected chi connectivity index (χ3v) is 5.30. The largest absolute Gasteiger partial charge is 0.330 e. The fraction of sp³-hybridized carbons (Fsp3) is 0.550. The summed E-state index contributed by atoms with van der Waals surface area (Å²) in [6.07, 6.45) is 5.17. The molecule has 2 aliphatic heterocycles. The van der Waals surface area contributed by atoms with Crippen LogP contribution in [0.15, 0.2) is 18.2 Å². The molecule has 0 spiro atoms. The molecule has 1 aromatic rings. The minimum atomic E-state index is -0.564. The molecule has 146 valence electrons. The number of imide groups is 1. The van der Waals surface area contributed by atoms with Gasteiger partial charge in [-0.15, -0.1) is 0 Å². The van der Waals surface area contributed by atoms with Gasteiger partial charge in [0.15, 0.2) is 0 Å². The molecule has 7 heteroatoms. The Hall–Kier alpha value is -2.25. The first-order valence-electron chi connectivity index (χ1n) is 9.78. The third-order valence-electron chi connectivity index (χ3n) is 5.30. The van der Waals surface area contributed by atoms with Crippen molar-refractivity contribution < 1.29 is 14.4 Å². The van der Waals surface area contributed by atoms with Crippen LogP contribution in [0.2, 0.25) is 0 Å². The van der Waals surface area contributed by atoms with Gasteiger partial charge in [0.05, 0.1) is 0 Å². The zero-order chi connectivity index (χ0) is 19.2. The minimum Gasteiger partial charge on any atom is -0.330 e. The van der Waals surface area contributed by atoms with E-state index in [0.717, 1.165) is 43.5 Å². The highest BCUT2D eigenvalue weighted by molar-refractivity contribution is 6.05. The number of unbranched alkanes of at least 4 members (excludes halogenated alkanes) is 3. The van der Waals surface area contributed by atoms with Gasteiger partial charge >= 0.3 is 0 Å². The number of benzene rings is 1. The second-order valence-corrected chi connectivity index (χ2v) is 7.22. The van der Waals surface area contributed by atoms with E-state index in [4.69, 9.17) is 5.73 Å². The van der Waals surface area contributed by atoms with Crippen molar-refractivity contribution in [2.24, 2.45) is 5.73 Å². The molecule has 3 rings (SSSR count). The van der Waals surface area contributed by atoms with Gasteiger partial charge in [-0.2, -0.15) is 0 Å². The van der Waals surface area contributed by atoms with Crippen LogP contribution in [0, 0.1) is 0 Å². The van der Waals surface area contributed by atoms with Crippen molar-refractivity contribution in [3.8, 4) is 0 Å². The number of rotatable bonds is 9. The molecule has 3 amide bonds. The van der Waals surface area contributed by atoms with Crippen LogP contribution in [0.5, 0.6) is 0 Å². The molecule has 2 aliphatic rings. The third kappa shape index (κ3) is 4.54. The highest BCUT2D eigenvalue weighted by Crippen LogP contribution is 2.29. The summed E-state index contributed by atoms with van der Waals surface area (Å²) in [5.41, 5.74) is 8.25. The summed E-state index contributed by atoms with van der Waals surface area (Å²) >= 11 is 0. The number of hydrogen-bond donors (Lipinski definition) is 3. The van der Waals surface area contributed by atoms with Crippen LogP contribution < -0.4 is 16.4 Å². The van der Waals surface area contributed by atoms with E-state index < -0.39 is 6.04 Å². The van der Waals surface area contributed by atoms with E-state index in [2.05, 4.69) is 10.6 Å². The van der Waals surface area contributed by atoms with Gasteiger partial charge in [0, 0.05) is 25.1 Å². The lowest BCUT2D eigenvalue weighted by atomic mass is 10.0. The average molecular weight is 372 g/mol. The first-order chi connectivity index (χ1) is 13.1. The van der Waals surface area contributed by atoms with E-state index in [0.29, 0.717) is 25.1 Å². The Bertz CT molecular complexity index is 719. The predicted molar refractivity (Wildman–Crippen MR) is 102 cm³/mol. The van der Waals surface area contributed by atoms with Crippen LogP contribution in [0.1, 0.15) is 60.0 Å². The number of piperidine rings is 1. The van der Waals surface area contributed by atoms with Crippen LogP contribution >= 0.6 is 0 Å². The number of nitrogens with two attached hydrogens (primary N) is 1. The van der Waals surface area contributed by atoms with Crippen molar-refractivity contribution in [3.05, 3.63) is 34.9 Å². The van der Waals surface area contributed by atoms with Gasteiger partial charge in [0.2, 0.25) is 11.8 Å². The predicted octanol–water partition coefficient (Wildman–Crippen LogP) is 1.06. The quantitative estimate of drug-likeness (QED) is 0.444. The minimum absolute atomic E-state index is 0.122. The summed E-state index contributed by atoms with van der Waals surface area (Å²) in [6.45, 7) is 2.81. The Kier molecular flexibility index (Phi) is 6.58. The Labute approximate surface area is 159 Å². The Balaban J connectivity index is 1.59. The molecule has 2 heterocycles. The highest BCUT2D eigenvalue weighted by Gasteiger charge is 2.39. The van der Waals surface area contributed by atoms with Gasteiger partial charge in [-0.3, -0.25) is 19.7 Å². The highest BCUT2D eigenvalue weighted by atomic mass is 16.2. The SMILES string of the molecule is NCCCCCCNCc1cccc2c1CN(C1CCC(=O)NC1=O)C2=O. The molecule has 27 heavy (non-hydrogen) atoms. The molecule has 1 fully saturated rings. The molecule has 0 aliphatic carbocycles. The first kappa shape index (κ1) is 19.5. The van der Waals surface area contributed by atoms with Crippen molar-refractivity contribution >= 4 is 17.7 Å². The molecule has 1 aromatic carbocycles. The number of amides is 3. The van der Waals surface area contributed by atoms with E-state index >= 15 is 0 Å². The summed E-state index contributed by atoms with van der Waals surface area (Å²) in [5.74, 6) is -0.760. The van der Waals surface area contributed by atoms with Gasteiger partial charge in [0.25, 0.3) is 5.91 Å². The zero-order valence-corrected chi connectivity index (χ0v) is 15.6. The Morgan fingerprint density at radius 2 is 1.96 bits per heavy atom. The van der Waals surface area contributed by atoms with E-state index in [1.807, 2.05) is 18.2 Å².